The fraction of sp³-hybridized carbons (Fsp3) is 0.536. The average Bonchev–Trinajstić information content (AvgIpc) is 3.17. The number of likely N-dealkylation sites (N-methyl/N-ethyl adjacent to an activating group) is 1. The van der Waals surface area contributed by atoms with Gasteiger partial charge in [0.1, 0.15) is 12.4 Å². The van der Waals surface area contributed by atoms with E-state index in [1.54, 1.807) is 28.0 Å². The van der Waals surface area contributed by atoms with Gasteiger partial charge < -0.3 is 24.3 Å². The number of ether oxygens (including phenoxy) is 1. The summed E-state index contributed by atoms with van der Waals surface area (Å²) in [5.41, 5.74) is 1.16. The Balaban J connectivity index is 1.43. The number of allylic oxidation sites excluding steroid dienone is 5. The normalized spacial score (nSPS) is 22.3. The zero-order chi connectivity index (χ0) is 27.6. The minimum absolute atomic E-state index is 0.0982. The zero-order valence-corrected chi connectivity index (χ0v) is 22.3. The van der Waals surface area contributed by atoms with Crippen LogP contribution in [0, 0.1) is 0 Å². The number of rotatable bonds is 6. The first-order chi connectivity index (χ1) is 18.7. The summed E-state index contributed by atoms with van der Waals surface area (Å²) < 4.78 is 47.9. The van der Waals surface area contributed by atoms with Crippen molar-refractivity contribution in [3.63, 3.8) is 0 Å². The van der Waals surface area contributed by atoms with E-state index in [1.165, 1.54) is 12.2 Å². The average molecular weight is 545 g/mol. The van der Waals surface area contributed by atoms with Gasteiger partial charge in [-0.3, -0.25) is 4.79 Å². The quantitative estimate of drug-likeness (QED) is 0.509. The van der Waals surface area contributed by atoms with Gasteiger partial charge in [-0.2, -0.15) is 23.1 Å². The maximum atomic E-state index is 13.9. The summed E-state index contributed by atoms with van der Waals surface area (Å²) in [7, 11) is 2.07. The number of hydrogen-bond donors (Lipinski definition) is 0. The molecule has 2 saturated heterocycles. The number of amides is 1. The van der Waals surface area contributed by atoms with Crippen molar-refractivity contribution < 1.29 is 22.7 Å². The van der Waals surface area contributed by atoms with Crippen molar-refractivity contribution in [1.29, 1.82) is 0 Å². The lowest BCUT2D eigenvalue weighted by atomic mass is 10.0. The van der Waals surface area contributed by atoms with E-state index in [-0.39, 0.29) is 36.6 Å². The Labute approximate surface area is 227 Å². The van der Waals surface area contributed by atoms with E-state index in [9.17, 15) is 18.0 Å². The first-order valence-electron chi connectivity index (χ1n) is 13.5. The van der Waals surface area contributed by atoms with Gasteiger partial charge >= 0.3 is 12.2 Å². The summed E-state index contributed by atoms with van der Waals surface area (Å²) in [5.74, 6) is 0.653. The molecule has 11 heteroatoms. The second kappa shape index (κ2) is 11.4. The summed E-state index contributed by atoms with van der Waals surface area (Å²) in [5, 5.41) is 0. The van der Waals surface area contributed by atoms with Gasteiger partial charge in [0.25, 0.3) is 0 Å². The van der Waals surface area contributed by atoms with Crippen LogP contribution in [0.1, 0.15) is 30.5 Å². The molecular weight excluding hydrogens is 509 g/mol. The van der Waals surface area contributed by atoms with Crippen molar-refractivity contribution in [2.24, 2.45) is 0 Å². The molecule has 1 aromatic rings. The molecule has 1 aromatic heterocycles. The number of anilines is 1. The van der Waals surface area contributed by atoms with E-state index < -0.39 is 11.7 Å². The molecule has 8 nitrogen and oxygen atoms in total. The third-order valence-electron chi connectivity index (χ3n) is 7.93. The number of hydrogen-bond acceptors (Lipinski definition) is 7. The summed E-state index contributed by atoms with van der Waals surface area (Å²) in [6, 6.07) is 0.525. The van der Waals surface area contributed by atoms with Crippen molar-refractivity contribution in [1.82, 2.24) is 24.7 Å². The molecular formula is C28H35F3N6O2. The summed E-state index contributed by atoms with van der Waals surface area (Å²) >= 11 is 0. The number of alkyl halides is 3. The third kappa shape index (κ3) is 5.98. The van der Waals surface area contributed by atoms with Crippen LogP contribution in [0.5, 0.6) is 6.01 Å². The van der Waals surface area contributed by atoms with Crippen LogP contribution in [0.25, 0.3) is 0 Å². The van der Waals surface area contributed by atoms with Crippen LogP contribution < -0.4 is 9.64 Å². The SMILES string of the molecule is C=CC(=O)N1CCN(c2nc(OC[C@@H]3CCCN3C)nc3c2CCN(C2=CC=CCC=C2C(F)(F)F)C3)CC1. The van der Waals surface area contributed by atoms with Crippen LogP contribution in [0.15, 0.2) is 48.2 Å². The molecule has 1 aliphatic carbocycles. The lowest BCUT2D eigenvalue weighted by Crippen LogP contribution is -2.49. The minimum atomic E-state index is -4.45. The van der Waals surface area contributed by atoms with Gasteiger partial charge in [-0.1, -0.05) is 24.8 Å². The maximum Gasteiger partial charge on any atom is 0.418 e. The molecule has 210 valence electrons. The number of likely N-dealkylation sites (tertiary alicyclic amines) is 1. The number of halogens is 3. The monoisotopic (exact) mass is 544 g/mol. The first kappa shape index (κ1) is 27.2. The molecule has 0 unspecified atom stereocenters. The molecule has 5 rings (SSSR count). The molecule has 0 spiro atoms. The molecule has 2 fully saturated rings. The van der Waals surface area contributed by atoms with E-state index in [4.69, 9.17) is 14.7 Å². The van der Waals surface area contributed by atoms with Gasteiger partial charge in [-0.05, 0) is 51.4 Å². The topological polar surface area (TPSA) is 65.0 Å². The summed E-state index contributed by atoms with van der Waals surface area (Å²) in [6.07, 6.45) is 5.96. The molecule has 1 atom stereocenters. The smallest absolute Gasteiger partial charge is 0.418 e. The van der Waals surface area contributed by atoms with Crippen LogP contribution >= 0.6 is 0 Å². The number of piperazine rings is 1. The molecule has 4 aliphatic rings. The lowest BCUT2D eigenvalue weighted by molar-refractivity contribution is -0.126. The summed E-state index contributed by atoms with van der Waals surface area (Å²) in [4.78, 5) is 29.5. The highest BCUT2D eigenvalue weighted by atomic mass is 19.4. The molecule has 0 bridgehead atoms. The van der Waals surface area contributed by atoms with Crippen LogP contribution in [0.3, 0.4) is 0 Å². The minimum Gasteiger partial charge on any atom is -0.462 e. The molecule has 0 aromatic carbocycles. The van der Waals surface area contributed by atoms with E-state index >= 15 is 0 Å². The van der Waals surface area contributed by atoms with Crippen molar-refractivity contribution in [2.45, 2.75) is 44.4 Å². The highest BCUT2D eigenvalue weighted by molar-refractivity contribution is 5.87. The fourth-order valence-corrected chi connectivity index (χ4v) is 5.70. The Morgan fingerprint density at radius 1 is 1.15 bits per heavy atom. The van der Waals surface area contributed by atoms with Gasteiger partial charge in [-0.15, -0.1) is 0 Å². The lowest BCUT2D eigenvalue weighted by Gasteiger charge is -2.38. The van der Waals surface area contributed by atoms with Crippen LogP contribution in [0.2, 0.25) is 0 Å². The molecule has 1 amide bonds. The Bertz CT molecular complexity index is 1190. The van der Waals surface area contributed by atoms with Crippen LogP contribution in [0.4, 0.5) is 19.0 Å². The van der Waals surface area contributed by atoms with Crippen LogP contribution in [-0.2, 0) is 17.8 Å². The molecule has 0 saturated carbocycles. The Kier molecular flexibility index (Phi) is 7.97. The first-order valence-corrected chi connectivity index (χ1v) is 13.5. The third-order valence-corrected chi connectivity index (χ3v) is 7.93. The number of carbonyl (C=O) groups is 1. The molecule has 3 aliphatic heterocycles. The largest absolute Gasteiger partial charge is 0.462 e. The molecule has 4 heterocycles. The second-order valence-corrected chi connectivity index (χ2v) is 10.4. The Hall–Kier alpha value is -3.34. The van der Waals surface area contributed by atoms with E-state index in [2.05, 4.69) is 23.4 Å². The number of fused-ring (bicyclic) bond motifs is 1. The standard InChI is InChI=1S/C28H35F3N6O2/c1-3-25(38)35-14-16-36(17-15-35)26-21-11-13-37(24-10-6-4-5-9-22(24)28(29,30)31)18-23(21)32-27(33-26)39-19-20-8-7-12-34(20)2/h3-4,6,9-10,20H,1,5,7-8,11-19H2,2H3/t20-/m0/s1. The fourth-order valence-electron chi connectivity index (χ4n) is 5.70. The summed E-state index contributed by atoms with van der Waals surface area (Å²) in [6.45, 7) is 7.96. The highest BCUT2D eigenvalue weighted by Gasteiger charge is 2.39. The van der Waals surface area contributed by atoms with Gasteiger partial charge in [0.15, 0.2) is 0 Å². The van der Waals surface area contributed by atoms with Crippen LogP contribution in [-0.4, -0.2) is 95.7 Å². The van der Waals surface area contributed by atoms with Crippen molar-refractivity contribution in [2.75, 3.05) is 57.8 Å². The Morgan fingerprint density at radius 2 is 1.95 bits per heavy atom. The maximum absolute atomic E-state index is 13.9. The van der Waals surface area contributed by atoms with E-state index in [1.807, 2.05) is 0 Å². The number of aromatic nitrogens is 2. The number of nitrogens with zero attached hydrogens (tertiary/aromatic N) is 6. The van der Waals surface area contributed by atoms with Gasteiger partial charge in [0, 0.05) is 50.0 Å². The van der Waals surface area contributed by atoms with E-state index in [0.29, 0.717) is 51.4 Å². The number of carbonyl (C=O) groups excluding carboxylic acids is 1. The van der Waals surface area contributed by atoms with Crippen molar-refractivity contribution in [3.05, 3.63) is 59.5 Å². The molecule has 39 heavy (non-hydrogen) atoms. The predicted octanol–water partition coefficient (Wildman–Crippen LogP) is 3.47. The highest BCUT2D eigenvalue weighted by Crippen LogP contribution is 2.38. The van der Waals surface area contributed by atoms with Crippen molar-refractivity contribution in [3.8, 4) is 6.01 Å². The predicted molar refractivity (Wildman–Crippen MR) is 142 cm³/mol. The van der Waals surface area contributed by atoms with Gasteiger partial charge in [0.05, 0.1) is 17.8 Å². The second-order valence-electron chi connectivity index (χ2n) is 10.4. The zero-order valence-electron chi connectivity index (χ0n) is 22.3. The van der Waals surface area contributed by atoms with Crippen molar-refractivity contribution >= 4 is 11.7 Å². The molecule has 0 radical (unpaired) electrons. The molecule has 0 N–H and O–H groups in total. The Morgan fingerprint density at radius 3 is 2.64 bits per heavy atom. The van der Waals surface area contributed by atoms with E-state index in [0.717, 1.165) is 30.8 Å². The van der Waals surface area contributed by atoms with Gasteiger partial charge in [-0.25, -0.2) is 0 Å². The van der Waals surface area contributed by atoms with Gasteiger partial charge in [0.2, 0.25) is 5.91 Å².